The average molecular weight is 302 g/mol. The molecule has 0 aliphatic heterocycles. The third-order valence-corrected chi connectivity index (χ3v) is 4.15. The van der Waals surface area contributed by atoms with Crippen LogP contribution in [0.4, 0.5) is 11.4 Å². The van der Waals surface area contributed by atoms with Crippen molar-refractivity contribution in [2.75, 3.05) is 18.0 Å². The van der Waals surface area contributed by atoms with Crippen molar-refractivity contribution in [3.63, 3.8) is 0 Å². The zero-order valence-electron chi connectivity index (χ0n) is 13.7. The van der Waals surface area contributed by atoms with E-state index in [1.807, 2.05) is 6.21 Å². The van der Waals surface area contributed by atoms with Crippen molar-refractivity contribution in [1.82, 2.24) is 0 Å². The van der Waals surface area contributed by atoms with E-state index in [0.717, 1.165) is 24.3 Å². The van der Waals surface area contributed by atoms with Crippen molar-refractivity contribution < 1.29 is 0 Å². The third kappa shape index (κ3) is 3.42. The maximum Gasteiger partial charge on any atom is 0.0631 e. The summed E-state index contributed by atoms with van der Waals surface area (Å²) in [7, 11) is 0. The lowest BCUT2D eigenvalue weighted by Crippen LogP contribution is -2.21. The van der Waals surface area contributed by atoms with Gasteiger partial charge in [-0.3, -0.25) is 4.99 Å². The molecule has 0 aliphatic carbocycles. The Morgan fingerprint density at radius 1 is 0.826 bits per heavy atom. The van der Waals surface area contributed by atoms with Crippen LogP contribution in [0.1, 0.15) is 19.4 Å². The van der Waals surface area contributed by atoms with Gasteiger partial charge in [0.15, 0.2) is 0 Å². The molecule has 0 fully saturated rings. The molecule has 0 bridgehead atoms. The van der Waals surface area contributed by atoms with Crippen molar-refractivity contribution >= 4 is 28.4 Å². The molecule has 116 valence electrons. The Hall–Kier alpha value is -2.61. The molecule has 0 heterocycles. The Kier molecular flexibility index (Phi) is 4.72. The molecule has 3 rings (SSSR count). The Morgan fingerprint density at radius 3 is 2.26 bits per heavy atom. The number of rotatable bonds is 5. The molecular weight excluding hydrogens is 280 g/mol. The highest BCUT2D eigenvalue weighted by molar-refractivity contribution is 6.00. The summed E-state index contributed by atoms with van der Waals surface area (Å²) >= 11 is 0. The molecule has 2 nitrogen and oxygen atoms in total. The SMILES string of the molecule is CCN(CC)c1ccc(N=Cc2cccc3ccccc23)cc1. The summed E-state index contributed by atoms with van der Waals surface area (Å²) in [5.41, 5.74) is 3.38. The quantitative estimate of drug-likeness (QED) is 0.573. The monoisotopic (exact) mass is 302 g/mol. The summed E-state index contributed by atoms with van der Waals surface area (Å²) in [5.74, 6) is 0. The molecule has 0 spiro atoms. The molecule has 0 N–H and O–H groups in total. The lowest BCUT2D eigenvalue weighted by atomic mass is 10.1. The number of hydrogen-bond donors (Lipinski definition) is 0. The van der Waals surface area contributed by atoms with Gasteiger partial charge in [0.05, 0.1) is 5.69 Å². The first-order valence-corrected chi connectivity index (χ1v) is 8.18. The van der Waals surface area contributed by atoms with Crippen molar-refractivity contribution in [2.45, 2.75) is 13.8 Å². The van der Waals surface area contributed by atoms with E-state index in [0.29, 0.717) is 0 Å². The molecule has 0 unspecified atom stereocenters. The minimum Gasteiger partial charge on any atom is -0.372 e. The summed E-state index contributed by atoms with van der Waals surface area (Å²) in [6, 6.07) is 23.2. The first-order chi connectivity index (χ1) is 11.3. The van der Waals surface area contributed by atoms with Gasteiger partial charge in [-0.1, -0.05) is 42.5 Å². The van der Waals surface area contributed by atoms with Crippen LogP contribution in [0.3, 0.4) is 0 Å². The van der Waals surface area contributed by atoms with Crippen LogP contribution < -0.4 is 4.90 Å². The van der Waals surface area contributed by atoms with Crippen LogP contribution >= 0.6 is 0 Å². The molecule has 0 aliphatic rings. The molecule has 0 atom stereocenters. The maximum atomic E-state index is 4.64. The van der Waals surface area contributed by atoms with Crippen LogP contribution in [0.5, 0.6) is 0 Å². The highest BCUT2D eigenvalue weighted by Gasteiger charge is 2.01. The lowest BCUT2D eigenvalue weighted by molar-refractivity contribution is 0.866. The molecule has 0 aromatic heterocycles. The molecule has 0 amide bonds. The zero-order valence-corrected chi connectivity index (χ0v) is 13.7. The van der Waals surface area contributed by atoms with Crippen molar-refractivity contribution in [3.8, 4) is 0 Å². The third-order valence-electron chi connectivity index (χ3n) is 4.15. The minimum atomic E-state index is 0.980. The zero-order chi connectivity index (χ0) is 16.1. The summed E-state index contributed by atoms with van der Waals surface area (Å²) in [4.78, 5) is 6.97. The summed E-state index contributed by atoms with van der Waals surface area (Å²) in [6.07, 6.45) is 1.95. The first kappa shape index (κ1) is 15.3. The van der Waals surface area contributed by atoms with Crippen molar-refractivity contribution in [2.24, 2.45) is 4.99 Å². The fourth-order valence-electron chi connectivity index (χ4n) is 2.85. The van der Waals surface area contributed by atoms with Crippen molar-refractivity contribution in [1.29, 1.82) is 0 Å². The van der Waals surface area contributed by atoms with Crippen LogP contribution in [0.25, 0.3) is 10.8 Å². The normalized spacial score (nSPS) is 11.2. The minimum absolute atomic E-state index is 0.980. The summed E-state index contributed by atoms with van der Waals surface area (Å²) < 4.78 is 0. The van der Waals surface area contributed by atoms with E-state index in [2.05, 4.69) is 90.5 Å². The van der Waals surface area contributed by atoms with Gasteiger partial charge >= 0.3 is 0 Å². The molecule has 3 aromatic rings. The highest BCUT2D eigenvalue weighted by atomic mass is 15.1. The van der Waals surface area contributed by atoms with Gasteiger partial charge in [0.1, 0.15) is 0 Å². The fraction of sp³-hybridized carbons (Fsp3) is 0.190. The second-order valence-corrected chi connectivity index (χ2v) is 5.52. The van der Waals surface area contributed by atoms with Gasteiger partial charge in [-0.05, 0) is 48.9 Å². The molecule has 0 radical (unpaired) electrons. The van der Waals surface area contributed by atoms with Gasteiger partial charge in [0, 0.05) is 30.6 Å². The smallest absolute Gasteiger partial charge is 0.0631 e. The number of hydrogen-bond acceptors (Lipinski definition) is 2. The predicted octanol–water partition coefficient (Wildman–Crippen LogP) is 5.44. The molecule has 0 saturated heterocycles. The molecular formula is C21H22N2. The van der Waals surface area contributed by atoms with Gasteiger partial charge in [-0.2, -0.15) is 0 Å². The van der Waals surface area contributed by atoms with E-state index in [9.17, 15) is 0 Å². The van der Waals surface area contributed by atoms with Gasteiger partial charge in [0.2, 0.25) is 0 Å². The summed E-state index contributed by atoms with van der Waals surface area (Å²) in [5, 5.41) is 2.48. The first-order valence-electron chi connectivity index (χ1n) is 8.18. The van der Waals surface area contributed by atoms with Crippen LogP contribution in [0.15, 0.2) is 71.7 Å². The molecule has 0 saturated carbocycles. The average Bonchev–Trinajstić information content (AvgIpc) is 2.62. The molecule has 3 aromatic carbocycles. The predicted molar refractivity (Wildman–Crippen MR) is 101 cm³/mol. The van der Waals surface area contributed by atoms with E-state index >= 15 is 0 Å². The van der Waals surface area contributed by atoms with Crippen LogP contribution in [-0.4, -0.2) is 19.3 Å². The Morgan fingerprint density at radius 2 is 1.52 bits per heavy atom. The molecule has 2 heteroatoms. The highest BCUT2D eigenvalue weighted by Crippen LogP contribution is 2.21. The Labute approximate surface area is 138 Å². The van der Waals surface area contributed by atoms with E-state index in [1.165, 1.54) is 16.5 Å². The second-order valence-electron chi connectivity index (χ2n) is 5.52. The van der Waals surface area contributed by atoms with Gasteiger partial charge < -0.3 is 4.90 Å². The van der Waals surface area contributed by atoms with E-state index in [-0.39, 0.29) is 0 Å². The number of fused-ring (bicyclic) bond motifs is 1. The van der Waals surface area contributed by atoms with E-state index < -0.39 is 0 Å². The second kappa shape index (κ2) is 7.10. The standard InChI is InChI=1S/C21H22N2/c1-3-23(4-2)20-14-12-19(13-15-20)22-16-18-10-7-9-17-8-5-6-11-21(17)18/h5-16H,3-4H2,1-2H3. The Balaban J connectivity index is 1.85. The van der Waals surface area contributed by atoms with Crippen molar-refractivity contribution in [3.05, 3.63) is 72.3 Å². The lowest BCUT2D eigenvalue weighted by Gasteiger charge is -2.20. The number of nitrogens with zero attached hydrogens (tertiary/aromatic N) is 2. The van der Waals surface area contributed by atoms with Gasteiger partial charge in [0.25, 0.3) is 0 Å². The van der Waals surface area contributed by atoms with E-state index in [4.69, 9.17) is 0 Å². The molecule has 23 heavy (non-hydrogen) atoms. The van der Waals surface area contributed by atoms with Crippen LogP contribution in [0, 0.1) is 0 Å². The number of anilines is 1. The fourth-order valence-corrected chi connectivity index (χ4v) is 2.85. The Bertz CT molecular complexity index is 794. The maximum absolute atomic E-state index is 4.64. The van der Waals surface area contributed by atoms with E-state index in [1.54, 1.807) is 0 Å². The van der Waals surface area contributed by atoms with Crippen LogP contribution in [-0.2, 0) is 0 Å². The summed E-state index contributed by atoms with van der Waals surface area (Å²) in [6.45, 7) is 6.40. The van der Waals surface area contributed by atoms with Gasteiger partial charge in [-0.25, -0.2) is 0 Å². The number of benzene rings is 3. The number of aliphatic imine (C=N–C) groups is 1. The topological polar surface area (TPSA) is 15.6 Å². The largest absolute Gasteiger partial charge is 0.372 e. The van der Waals surface area contributed by atoms with Gasteiger partial charge in [-0.15, -0.1) is 0 Å². The van der Waals surface area contributed by atoms with Crippen LogP contribution in [0.2, 0.25) is 0 Å².